The van der Waals surface area contributed by atoms with Crippen LogP contribution < -0.4 is 10.6 Å². The van der Waals surface area contributed by atoms with Gasteiger partial charge in [-0.1, -0.05) is 6.07 Å². The minimum atomic E-state index is -0.460. The summed E-state index contributed by atoms with van der Waals surface area (Å²) in [4.78, 5) is 18.4. The van der Waals surface area contributed by atoms with Gasteiger partial charge in [0, 0.05) is 32.4 Å². The minimum Gasteiger partial charge on any atom is -0.370 e. The summed E-state index contributed by atoms with van der Waals surface area (Å²) in [5, 5.41) is 6.08. The monoisotopic (exact) mass is 262 g/mol. The fourth-order valence-corrected chi connectivity index (χ4v) is 2.24. The van der Waals surface area contributed by atoms with E-state index in [1.807, 2.05) is 33.0 Å². The van der Waals surface area contributed by atoms with Crippen molar-refractivity contribution in [2.45, 2.75) is 32.9 Å². The first kappa shape index (κ1) is 13.8. The average molecular weight is 262 g/mol. The molecule has 1 saturated heterocycles. The summed E-state index contributed by atoms with van der Waals surface area (Å²) in [6, 6.07) is 4.05. The molecule has 0 aromatic carbocycles. The van der Waals surface area contributed by atoms with E-state index in [-0.39, 0.29) is 5.91 Å². The predicted molar refractivity (Wildman–Crippen MR) is 75.9 cm³/mol. The van der Waals surface area contributed by atoms with Crippen molar-refractivity contribution in [3.05, 3.63) is 23.9 Å². The fourth-order valence-electron chi connectivity index (χ4n) is 2.24. The average Bonchev–Trinajstić information content (AvgIpc) is 2.38. The van der Waals surface area contributed by atoms with Crippen LogP contribution in [0.5, 0.6) is 0 Å². The Kier molecular flexibility index (Phi) is 4.04. The number of pyridine rings is 1. The Morgan fingerprint density at radius 2 is 2.26 bits per heavy atom. The smallest absolute Gasteiger partial charge is 0.240 e. The SMILES string of the molecule is CCNc1ccc(CN2CCNC(=O)C2(C)C)cn1. The summed E-state index contributed by atoms with van der Waals surface area (Å²) < 4.78 is 0. The van der Waals surface area contributed by atoms with Crippen LogP contribution in [0.2, 0.25) is 0 Å². The molecule has 2 heterocycles. The van der Waals surface area contributed by atoms with Crippen molar-refractivity contribution >= 4 is 11.7 Å². The second kappa shape index (κ2) is 5.57. The third-order valence-electron chi connectivity index (χ3n) is 3.57. The van der Waals surface area contributed by atoms with Crippen LogP contribution in [-0.4, -0.2) is 41.0 Å². The minimum absolute atomic E-state index is 0.0935. The van der Waals surface area contributed by atoms with Crippen molar-refractivity contribution in [2.75, 3.05) is 25.0 Å². The number of hydrogen-bond donors (Lipinski definition) is 2. The first-order chi connectivity index (χ1) is 9.04. The standard InChI is InChI=1S/C14H22N4O/c1-4-15-12-6-5-11(9-17-12)10-18-8-7-16-13(19)14(18,2)3/h5-6,9H,4,7-8,10H2,1-3H3,(H,15,17)(H,16,19). The van der Waals surface area contributed by atoms with Gasteiger partial charge in [-0.05, 0) is 32.4 Å². The molecule has 1 amide bonds. The molecular formula is C14H22N4O. The van der Waals surface area contributed by atoms with Crippen molar-refractivity contribution in [2.24, 2.45) is 0 Å². The number of rotatable bonds is 4. The molecule has 2 N–H and O–H groups in total. The Bertz CT molecular complexity index is 441. The van der Waals surface area contributed by atoms with Crippen LogP contribution in [0.15, 0.2) is 18.3 Å². The van der Waals surface area contributed by atoms with E-state index < -0.39 is 5.54 Å². The molecular weight excluding hydrogens is 240 g/mol. The lowest BCUT2D eigenvalue weighted by molar-refractivity contribution is -0.135. The van der Waals surface area contributed by atoms with E-state index in [0.717, 1.165) is 31.0 Å². The maximum absolute atomic E-state index is 11.9. The number of carbonyl (C=O) groups is 1. The highest BCUT2D eigenvalue weighted by Crippen LogP contribution is 2.20. The van der Waals surface area contributed by atoms with Crippen molar-refractivity contribution in [1.82, 2.24) is 15.2 Å². The summed E-state index contributed by atoms with van der Waals surface area (Å²) in [7, 11) is 0. The van der Waals surface area contributed by atoms with Crippen LogP contribution in [0.1, 0.15) is 26.3 Å². The third-order valence-corrected chi connectivity index (χ3v) is 3.57. The molecule has 0 unspecified atom stereocenters. The van der Waals surface area contributed by atoms with Crippen LogP contribution in [0.25, 0.3) is 0 Å². The summed E-state index contributed by atoms with van der Waals surface area (Å²) in [5.41, 5.74) is 0.669. The van der Waals surface area contributed by atoms with Crippen LogP contribution >= 0.6 is 0 Å². The Labute approximate surface area is 114 Å². The summed E-state index contributed by atoms with van der Waals surface area (Å²) >= 11 is 0. The first-order valence-corrected chi connectivity index (χ1v) is 6.76. The lowest BCUT2D eigenvalue weighted by atomic mass is 9.98. The zero-order valence-corrected chi connectivity index (χ0v) is 11.9. The lowest BCUT2D eigenvalue weighted by Crippen LogP contribution is -2.61. The van der Waals surface area contributed by atoms with E-state index in [4.69, 9.17) is 0 Å². The van der Waals surface area contributed by atoms with E-state index in [2.05, 4.69) is 26.6 Å². The van der Waals surface area contributed by atoms with E-state index in [0.29, 0.717) is 6.54 Å². The number of hydrogen-bond acceptors (Lipinski definition) is 4. The second-order valence-electron chi connectivity index (χ2n) is 5.32. The maximum atomic E-state index is 11.9. The van der Waals surface area contributed by atoms with E-state index in [9.17, 15) is 4.79 Å². The molecule has 0 bridgehead atoms. The zero-order valence-electron chi connectivity index (χ0n) is 11.9. The largest absolute Gasteiger partial charge is 0.370 e. The molecule has 19 heavy (non-hydrogen) atoms. The number of carbonyl (C=O) groups excluding carboxylic acids is 1. The van der Waals surface area contributed by atoms with Gasteiger partial charge in [0.05, 0.1) is 5.54 Å². The Hall–Kier alpha value is -1.62. The van der Waals surface area contributed by atoms with Gasteiger partial charge in [0.15, 0.2) is 0 Å². The molecule has 1 aliphatic heterocycles. The number of aromatic nitrogens is 1. The van der Waals surface area contributed by atoms with E-state index in [1.165, 1.54) is 0 Å². The van der Waals surface area contributed by atoms with Crippen LogP contribution in [0.4, 0.5) is 5.82 Å². The van der Waals surface area contributed by atoms with Gasteiger partial charge in [0.1, 0.15) is 5.82 Å². The van der Waals surface area contributed by atoms with E-state index >= 15 is 0 Å². The second-order valence-corrected chi connectivity index (χ2v) is 5.32. The van der Waals surface area contributed by atoms with Crippen LogP contribution in [-0.2, 0) is 11.3 Å². The molecule has 1 aromatic heterocycles. The van der Waals surface area contributed by atoms with Gasteiger partial charge < -0.3 is 10.6 Å². The molecule has 2 rings (SSSR count). The van der Waals surface area contributed by atoms with Crippen LogP contribution in [0, 0.1) is 0 Å². The molecule has 0 saturated carbocycles. The molecule has 104 valence electrons. The van der Waals surface area contributed by atoms with Crippen LogP contribution in [0.3, 0.4) is 0 Å². The van der Waals surface area contributed by atoms with Gasteiger partial charge >= 0.3 is 0 Å². The first-order valence-electron chi connectivity index (χ1n) is 6.76. The Morgan fingerprint density at radius 1 is 1.47 bits per heavy atom. The summed E-state index contributed by atoms with van der Waals surface area (Å²) in [6.07, 6.45) is 1.88. The normalized spacial score (nSPS) is 19.0. The molecule has 0 aliphatic carbocycles. The quantitative estimate of drug-likeness (QED) is 0.857. The number of amides is 1. The number of nitrogens with zero attached hydrogens (tertiary/aromatic N) is 2. The molecule has 1 aliphatic rings. The number of piperazine rings is 1. The summed E-state index contributed by atoms with van der Waals surface area (Å²) in [5.74, 6) is 0.984. The van der Waals surface area contributed by atoms with Crippen molar-refractivity contribution in [3.8, 4) is 0 Å². The van der Waals surface area contributed by atoms with Crippen molar-refractivity contribution in [3.63, 3.8) is 0 Å². The maximum Gasteiger partial charge on any atom is 0.240 e. The summed E-state index contributed by atoms with van der Waals surface area (Å²) in [6.45, 7) is 9.17. The van der Waals surface area contributed by atoms with Gasteiger partial charge in [-0.25, -0.2) is 4.98 Å². The Morgan fingerprint density at radius 3 is 2.89 bits per heavy atom. The fraction of sp³-hybridized carbons (Fsp3) is 0.571. The van der Waals surface area contributed by atoms with Gasteiger partial charge in [0.25, 0.3) is 0 Å². The highest BCUT2D eigenvalue weighted by Gasteiger charge is 2.37. The van der Waals surface area contributed by atoms with Crippen molar-refractivity contribution < 1.29 is 4.79 Å². The van der Waals surface area contributed by atoms with E-state index in [1.54, 1.807) is 0 Å². The van der Waals surface area contributed by atoms with Gasteiger partial charge in [0.2, 0.25) is 5.91 Å². The molecule has 0 atom stereocenters. The number of nitrogens with one attached hydrogen (secondary N) is 2. The molecule has 5 heteroatoms. The molecule has 1 aromatic rings. The third kappa shape index (κ3) is 3.04. The van der Waals surface area contributed by atoms with Crippen molar-refractivity contribution in [1.29, 1.82) is 0 Å². The molecule has 5 nitrogen and oxygen atoms in total. The predicted octanol–water partition coefficient (Wildman–Crippen LogP) is 1.22. The molecule has 0 radical (unpaired) electrons. The van der Waals surface area contributed by atoms with Gasteiger partial charge in [-0.15, -0.1) is 0 Å². The topological polar surface area (TPSA) is 57.3 Å². The zero-order chi connectivity index (χ0) is 13.9. The number of anilines is 1. The molecule has 1 fully saturated rings. The molecule has 0 spiro atoms. The van der Waals surface area contributed by atoms with Gasteiger partial charge in [-0.3, -0.25) is 9.69 Å². The lowest BCUT2D eigenvalue weighted by Gasteiger charge is -2.41. The Balaban J connectivity index is 2.05. The van der Waals surface area contributed by atoms with Gasteiger partial charge in [-0.2, -0.15) is 0 Å². The highest BCUT2D eigenvalue weighted by atomic mass is 16.2. The highest BCUT2D eigenvalue weighted by molar-refractivity contribution is 5.86.